The molecule has 1 saturated carbocycles. The van der Waals surface area contributed by atoms with Crippen LogP contribution in [0.5, 0.6) is 0 Å². The first-order chi connectivity index (χ1) is 20.7. The Morgan fingerprint density at radius 3 is 2.00 bits per heavy atom. The maximum Gasteiger partial charge on any atom is 0.244 e. The number of hydrogen-bond donors (Lipinski definition) is 1. The van der Waals surface area contributed by atoms with Crippen molar-refractivity contribution in [1.82, 2.24) is 19.6 Å². The predicted molar refractivity (Wildman–Crippen MR) is 177 cm³/mol. The minimum atomic E-state index is -1.41. The van der Waals surface area contributed by atoms with Gasteiger partial charge in [0.1, 0.15) is 11.5 Å². The van der Waals surface area contributed by atoms with Crippen LogP contribution in [0.4, 0.5) is 0 Å². The molecule has 250 valence electrons. The summed E-state index contributed by atoms with van der Waals surface area (Å²) in [5.74, 6) is -1.69. The first-order valence-corrected chi connectivity index (χ1v) is 16.8. The topological polar surface area (TPSA) is 107 Å². The van der Waals surface area contributed by atoms with E-state index in [-0.39, 0.29) is 53.1 Å². The number of halogens is 1. The smallest absolute Gasteiger partial charge is 0.244 e. The van der Waals surface area contributed by atoms with Gasteiger partial charge in [-0.2, -0.15) is 0 Å². The van der Waals surface area contributed by atoms with Crippen molar-refractivity contribution in [2.75, 3.05) is 33.7 Å². The lowest BCUT2D eigenvalue weighted by Gasteiger charge is -2.45. The summed E-state index contributed by atoms with van der Waals surface area (Å²) in [5, 5.41) is 0.640. The Balaban J connectivity index is 1.72. The zero-order chi connectivity index (χ0) is 33.6. The molecule has 4 rings (SSSR count). The highest BCUT2D eigenvalue weighted by atomic mass is 35.5. The molecule has 0 spiro atoms. The van der Waals surface area contributed by atoms with Gasteiger partial charge in [-0.25, -0.2) is 0 Å². The third-order valence-electron chi connectivity index (χ3n) is 10.7. The molecule has 4 atom stereocenters. The van der Waals surface area contributed by atoms with Crippen molar-refractivity contribution in [3.05, 3.63) is 34.9 Å². The van der Waals surface area contributed by atoms with E-state index in [1.165, 1.54) is 4.90 Å². The number of likely N-dealkylation sites (N-methyl/N-ethyl adjacent to an activating group) is 1. The lowest BCUT2D eigenvalue weighted by Crippen LogP contribution is -2.57. The minimum absolute atomic E-state index is 0.0734. The van der Waals surface area contributed by atoms with E-state index in [2.05, 4.69) is 39.5 Å². The summed E-state index contributed by atoms with van der Waals surface area (Å²) in [6.45, 7) is 15.6. The molecule has 1 aliphatic carbocycles. The van der Waals surface area contributed by atoms with Crippen LogP contribution in [0.2, 0.25) is 5.02 Å². The zero-order valence-corrected chi connectivity index (χ0v) is 29.5. The summed E-state index contributed by atoms with van der Waals surface area (Å²) in [4.78, 5) is 62.6. The van der Waals surface area contributed by atoms with Gasteiger partial charge in [0.2, 0.25) is 23.6 Å². The van der Waals surface area contributed by atoms with Crippen LogP contribution >= 0.6 is 11.6 Å². The van der Waals surface area contributed by atoms with Crippen LogP contribution in [-0.4, -0.2) is 101 Å². The molecule has 1 aromatic carbocycles. The highest BCUT2D eigenvalue weighted by Crippen LogP contribution is 2.42. The summed E-state index contributed by atoms with van der Waals surface area (Å²) >= 11 is 6.22. The quantitative estimate of drug-likeness (QED) is 0.440. The fraction of sp³-hybridized carbons (Fsp3) is 0.714. The summed E-state index contributed by atoms with van der Waals surface area (Å²) in [7, 11) is 3.40. The fourth-order valence-corrected chi connectivity index (χ4v) is 7.50. The van der Waals surface area contributed by atoms with Crippen LogP contribution in [0.15, 0.2) is 24.3 Å². The lowest BCUT2D eigenvalue weighted by molar-refractivity contribution is -0.152. The van der Waals surface area contributed by atoms with Gasteiger partial charge in [0.15, 0.2) is 0 Å². The molecule has 0 radical (unpaired) electrons. The summed E-state index contributed by atoms with van der Waals surface area (Å²) in [6, 6.07) is 6.49. The molecular weight excluding hydrogens is 590 g/mol. The molecular formula is C35H54ClN5O4. The van der Waals surface area contributed by atoms with E-state index in [9.17, 15) is 19.2 Å². The number of nitrogens with zero attached hydrogens (tertiary/aromatic N) is 4. The molecule has 2 aliphatic heterocycles. The SMILES string of the molecule is CN(C)C(=O)[C@@H]1C[C@H](N(C(=O)C(C)(C)C(N)=O)C2CCC(C)(C)CC2)CN1C(=O)C1CN(C(C)(C)C)C[C@@H]1c1ccc(Cl)cc1. The summed E-state index contributed by atoms with van der Waals surface area (Å²) < 4.78 is 0. The molecule has 9 nitrogen and oxygen atoms in total. The van der Waals surface area contributed by atoms with E-state index in [4.69, 9.17) is 17.3 Å². The molecule has 2 heterocycles. The number of nitrogens with two attached hydrogens (primary N) is 1. The van der Waals surface area contributed by atoms with Crippen LogP contribution in [0.25, 0.3) is 0 Å². The van der Waals surface area contributed by atoms with Crippen molar-refractivity contribution >= 4 is 35.2 Å². The third kappa shape index (κ3) is 7.35. The van der Waals surface area contributed by atoms with Gasteiger partial charge in [-0.3, -0.25) is 24.1 Å². The average Bonchev–Trinajstić information content (AvgIpc) is 3.59. The Morgan fingerprint density at radius 2 is 1.49 bits per heavy atom. The van der Waals surface area contributed by atoms with E-state index in [1.54, 1.807) is 32.8 Å². The second-order valence-corrected chi connectivity index (χ2v) is 16.5. The van der Waals surface area contributed by atoms with Crippen LogP contribution in [-0.2, 0) is 19.2 Å². The first kappa shape index (κ1) is 35.2. The Kier molecular flexibility index (Phi) is 10.1. The molecule has 3 fully saturated rings. The number of amides is 4. The van der Waals surface area contributed by atoms with Gasteiger partial charge in [0.05, 0.1) is 12.0 Å². The van der Waals surface area contributed by atoms with Gasteiger partial charge in [0, 0.05) is 56.3 Å². The zero-order valence-electron chi connectivity index (χ0n) is 28.7. The fourth-order valence-electron chi connectivity index (χ4n) is 7.37. The second-order valence-electron chi connectivity index (χ2n) is 16.1. The van der Waals surface area contributed by atoms with Crippen molar-refractivity contribution in [1.29, 1.82) is 0 Å². The van der Waals surface area contributed by atoms with E-state index < -0.39 is 23.4 Å². The van der Waals surface area contributed by atoms with Crippen LogP contribution < -0.4 is 5.73 Å². The number of rotatable bonds is 7. The predicted octanol–water partition coefficient (Wildman–Crippen LogP) is 4.52. The summed E-state index contributed by atoms with van der Waals surface area (Å²) in [5.41, 5.74) is 5.41. The van der Waals surface area contributed by atoms with Crippen LogP contribution in [0.1, 0.15) is 92.1 Å². The highest BCUT2D eigenvalue weighted by Gasteiger charge is 2.52. The van der Waals surface area contributed by atoms with E-state index >= 15 is 0 Å². The monoisotopic (exact) mass is 643 g/mol. The van der Waals surface area contributed by atoms with Gasteiger partial charge in [0.25, 0.3) is 0 Å². The van der Waals surface area contributed by atoms with Gasteiger partial charge in [-0.15, -0.1) is 0 Å². The largest absolute Gasteiger partial charge is 0.369 e. The standard InChI is InChI=1S/C35H54ClN5O4/c1-33(2,3)39-20-26(22-10-12-23(36)13-11-22)27(21-39)29(42)40-19-25(18-28(40)30(43)38(8)9)41(32(45)35(6,7)31(37)44)24-14-16-34(4,5)17-15-24/h10-13,24-28H,14-21H2,1-9H3,(H2,37,44)/t25-,26+,27?,28-/m0/s1. The van der Waals surface area contributed by atoms with Crippen molar-refractivity contribution in [3.8, 4) is 0 Å². The average molecular weight is 644 g/mol. The number of benzene rings is 1. The number of carbonyl (C=O) groups is 4. The van der Waals surface area contributed by atoms with E-state index in [0.717, 1.165) is 31.2 Å². The maximum atomic E-state index is 14.7. The molecule has 45 heavy (non-hydrogen) atoms. The van der Waals surface area contributed by atoms with E-state index in [0.29, 0.717) is 24.5 Å². The normalized spacial score (nSPS) is 26.1. The molecule has 0 bridgehead atoms. The molecule has 10 heteroatoms. The Bertz CT molecular complexity index is 1280. The van der Waals surface area contributed by atoms with Gasteiger partial charge in [-0.1, -0.05) is 37.6 Å². The summed E-state index contributed by atoms with van der Waals surface area (Å²) in [6.07, 6.45) is 3.81. The highest BCUT2D eigenvalue weighted by molar-refractivity contribution is 6.30. The van der Waals surface area contributed by atoms with Gasteiger partial charge < -0.3 is 20.4 Å². The van der Waals surface area contributed by atoms with Crippen LogP contribution in [0, 0.1) is 16.7 Å². The number of hydrogen-bond acceptors (Lipinski definition) is 5. The van der Waals surface area contributed by atoms with Crippen molar-refractivity contribution in [2.45, 2.75) is 110 Å². The molecule has 1 aromatic rings. The second kappa shape index (κ2) is 12.9. The van der Waals surface area contributed by atoms with Crippen molar-refractivity contribution in [3.63, 3.8) is 0 Å². The van der Waals surface area contributed by atoms with Gasteiger partial charge >= 0.3 is 0 Å². The van der Waals surface area contributed by atoms with Crippen LogP contribution in [0.3, 0.4) is 0 Å². The van der Waals surface area contributed by atoms with Crippen molar-refractivity contribution in [2.24, 2.45) is 22.5 Å². The number of carbonyl (C=O) groups excluding carboxylic acids is 4. The third-order valence-corrected chi connectivity index (χ3v) is 10.9. The Labute approximate surface area is 274 Å². The minimum Gasteiger partial charge on any atom is -0.369 e. The van der Waals surface area contributed by atoms with Gasteiger partial charge in [-0.05, 0) is 89.8 Å². The Morgan fingerprint density at radius 1 is 0.911 bits per heavy atom. The molecule has 2 saturated heterocycles. The number of primary amides is 1. The molecule has 4 amide bonds. The number of likely N-dealkylation sites (tertiary alicyclic amines) is 2. The van der Waals surface area contributed by atoms with E-state index in [1.807, 2.05) is 29.2 Å². The molecule has 3 aliphatic rings. The lowest BCUT2D eigenvalue weighted by atomic mass is 9.74. The molecule has 1 unspecified atom stereocenters. The van der Waals surface area contributed by atoms with Crippen molar-refractivity contribution < 1.29 is 19.2 Å². The Hall–Kier alpha value is -2.65. The maximum absolute atomic E-state index is 14.7. The molecule has 0 aromatic heterocycles. The molecule has 2 N–H and O–H groups in total. The first-order valence-electron chi connectivity index (χ1n) is 16.4.